The first-order valence-corrected chi connectivity index (χ1v) is 4.67. The first kappa shape index (κ1) is 10.4. The van der Waals surface area contributed by atoms with Gasteiger partial charge in [-0.1, -0.05) is 11.6 Å². The van der Waals surface area contributed by atoms with Crippen LogP contribution in [0.5, 0.6) is 0 Å². The molecule has 2 heterocycles. The van der Waals surface area contributed by atoms with Crippen LogP contribution in [0, 0.1) is 0 Å². The van der Waals surface area contributed by atoms with Gasteiger partial charge < -0.3 is 11.5 Å². The molecule has 7 nitrogen and oxygen atoms in total. The minimum Gasteiger partial charge on any atom is -0.380 e. The summed E-state index contributed by atoms with van der Waals surface area (Å²) in [6.45, 7) is 0. The molecule has 1 aliphatic heterocycles. The smallest absolute Gasteiger partial charge is 0.177 e. The van der Waals surface area contributed by atoms with Gasteiger partial charge in [0, 0.05) is 0 Å². The molecule has 0 bridgehead atoms. The summed E-state index contributed by atoms with van der Waals surface area (Å²) >= 11 is 5.63. The van der Waals surface area contributed by atoms with Crippen LogP contribution in [0.2, 0.25) is 5.15 Å². The van der Waals surface area contributed by atoms with E-state index in [0.717, 1.165) is 0 Å². The van der Waals surface area contributed by atoms with Crippen molar-refractivity contribution in [2.45, 2.75) is 0 Å². The van der Waals surface area contributed by atoms with Gasteiger partial charge in [-0.25, -0.2) is 4.98 Å². The van der Waals surface area contributed by atoms with Gasteiger partial charge in [0.15, 0.2) is 17.4 Å². The lowest BCUT2D eigenvalue weighted by atomic mass is 10.3. The van der Waals surface area contributed by atoms with Crippen LogP contribution in [-0.4, -0.2) is 22.4 Å². The summed E-state index contributed by atoms with van der Waals surface area (Å²) in [5.41, 5.74) is 14.7. The summed E-state index contributed by atoms with van der Waals surface area (Å²) in [6, 6.07) is 3.35. The molecule has 8 heteroatoms. The normalized spacial score (nSPS) is 14.4. The Hall–Kier alpha value is -2.15. The Balaban J connectivity index is 2.12. The highest BCUT2D eigenvalue weighted by Gasteiger charge is 2.16. The molecule has 1 aliphatic rings. The van der Waals surface area contributed by atoms with E-state index in [2.05, 4.69) is 25.7 Å². The van der Waals surface area contributed by atoms with Crippen LogP contribution in [0.25, 0.3) is 0 Å². The Morgan fingerprint density at radius 1 is 1.19 bits per heavy atom. The number of nitrogens with two attached hydrogens (primary N) is 2. The van der Waals surface area contributed by atoms with Crippen molar-refractivity contribution in [3.63, 3.8) is 0 Å². The molecular weight excluding hydrogens is 230 g/mol. The van der Waals surface area contributed by atoms with E-state index in [1.54, 1.807) is 12.1 Å². The number of hydrazone groups is 1. The molecule has 0 unspecified atom stereocenters. The maximum absolute atomic E-state index is 5.63. The predicted molar refractivity (Wildman–Crippen MR) is 63.5 cm³/mol. The summed E-state index contributed by atoms with van der Waals surface area (Å²) in [5.74, 6) is 0.346. The van der Waals surface area contributed by atoms with Crippen molar-refractivity contribution in [2.24, 2.45) is 26.8 Å². The molecule has 2 rings (SSSR count). The minimum atomic E-state index is 0.173. The van der Waals surface area contributed by atoms with Crippen molar-refractivity contribution in [1.29, 1.82) is 0 Å². The molecule has 0 saturated carbocycles. The second-order valence-corrected chi connectivity index (χ2v) is 3.30. The van der Waals surface area contributed by atoms with E-state index in [-0.39, 0.29) is 11.7 Å². The number of rotatable bonds is 2. The number of halogens is 1. The Kier molecular flexibility index (Phi) is 2.69. The highest BCUT2D eigenvalue weighted by atomic mass is 35.5. The van der Waals surface area contributed by atoms with E-state index >= 15 is 0 Å². The molecule has 0 fully saturated rings. The third kappa shape index (κ3) is 2.09. The van der Waals surface area contributed by atoms with E-state index in [9.17, 15) is 0 Å². The molecule has 1 aromatic heterocycles. The summed E-state index contributed by atoms with van der Waals surface area (Å²) in [4.78, 5) is 3.87. The molecule has 16 heavy (non-hydrogen) atoms. The predicted octanol–water partition coefficient (Wildman–Crippen LogP) is 0.146. The minimum absolute atomic E-state index is 0.173. The van der Waals surface area contributed by atoms with Crippen molar-refractivity contribution < 1.29 is 0 Å². The van der Waals surface area contributed by atoms with Crippen LogP contribution < -0.4 is 16.9 Å². The number of hydrogen-bond acceptors (Lipinski definition) is 7. The van der Waals surface area contributed by atoms with Crippen molar-refractivity contribution in [2.75, 3.05) is 5.43 Å². The van der Waals surface area contributed by atoms with Gasteiger partial charge in [0.05, 0.1) is 11.9 Å². The quantitative estimate of drug-likeness (QED) is 0.502. The zero-order valence-electron chi connectivity index (χ0n) is 8.05. The fraction of sp³-hybridized carbons (Fsp3) is 0. The molecule has 82 valence electrons. The highest BCUT2D eigenvalue weighted by molar-refractivity contribution is 6.68. The Bertz CT molecular complexity index is 468. The zero-order chi connectivity index (χ0) is 11.5. The van der Waals surface area contributed by atoms with E-state index < -0.39 is 0 Å². The fourth-order valence-electron chi connectivity index (χ4n) is 1.01. The van der Waals surface area contributed by atoms with E-state index in [1.165, 1.54) is 6.20 Å². The molecule has 0 aliphatic carbocycles. The van der Waals surface area contributed by atoms with E-state index in [4.69, 9.17) is 23.1 Å². The average molecular weight is 238 g/mol. The molecule has 1 aromatic rings. The first-order valence-electron chi connectivity index (χ1n) is 4.29. The number of nitrogens with zero attached hydrogens (tertiary/aromatic N) is 4. The summed E-state index contributed by atoms with van der Waals surface area (Å²) < 4.78 is 0. The lowest BCUT2D eigenvalue weighted by molar-refractivity contribution is 1.25. The van der Waals surface area contributed by atoms with Gasteiger partial charge in [0.2, 0.25) is 0 Å². The number of anilines is 1. The molecular formula is C8H8ClN7. The monoisotopic (exact) mass is 237 g/mol. The SMILES string of the molecule is NC1=NN=C(N)C1=NNc1ccc(Cl)nc1. The van der Waals surface area contributed by atoms with Crippen LogP contribution in [0.4, 0.5) is 5.69 Å². The summed E-state index contributed by atoms with van der Waals surface area (Å²) in [5, 5.41) is 11.5. The Labute approximate surface area is 95.9 Å². The molecule has 0 aromatic carbocycles. The first-order chi connectivity index (χ1) is 7.66. The van der Waals surface area contributed by atoms with Gasteiger partial charge >= 0.3 is 0 Å². The summed E-state index contributed by atoms with van der Waals surface area (Å²) in [6.07, 6.45) is 1.53. The molecule has 0 saturated heterocycles. The van der Waals surface area contributed by atoms with Crippen molar-refractivity contribution in [1.82, 2.24) is 4.98 Å². The Morgan fingerprint density at radius 2 is 1.88 bits per heavy atom. The standard InChI is InChI=1S/C8H8ClN7/c9-5-2-1-4(3-12-5)13-14-6-7(10)15-16-8(6)11/h1-3,13H,(H4,10,11,14,15,16). The molecule has 0 radical (unpaired) electrons. The Morgan fingerprint density at radius 3 is 2.44 bits per heavy atom. The maximum Gasteiger partial charge on any atom is 0.177 e. The second-order valence-electron chi connectivity index (χ2n) is 2.91. The fourth-order valence-corrected chi connectivity index (χ4v) is 1.12. The summed E-state index contributed by atoms with van der Waals surface area (Å²) in [7, 11) is 0. The third-order valence-corrected chi connectivity index (χ3v) is 2.00. The number of amidine groups is 2. The number of hydrogen-bond donors (Lipinski definition) is 3. The largest absolute Gasteiger partial charge is 0.380 e. The van der Waals surface area contributed by atoms with Crippen LogP contribution in [0.1, 0.15) is 0 Å². The van der Waals surface area contributed by atoms with Crippen LogP contribution in [0.15, 0.2) is 33.6 Å². The van der Waals surface area contributed by atoms with Gasteiger partial charge in [-0.3, -0.25) is 5.43 Å². The number of nitrogens with one attached hydrogen (secondary N) is 1. The van der Waals surface area contributed by atoms with Crippen LogP contribution >= 0.6 is 11.6 Å². The highest BCUT2D eigenvalue weighted by Crippen LogP contribution is 2.09. The molecule has 0 amide bonds. The lowest BCUT2D eigenvalue weighted by Crippen LogP contribution is -2.32. The number of pyridine rings is 1. The lowest BCUT2D eigenvalue weighted by Gasteiger charge is -2.01. The van der Waals surface area contributed by atoms with E-state index in [1.807, 2.05) is 0 Å². The van der Waals surface area contributed by atoms with Crippen LogP contribution in [0.3, 0.4) is 0 Å². The van der Waals surface area contributed by atoms with Gasteiger partial charge in [0.25, 0.3) is 0 Å². The van der Waals surface area contributed by atoms with Gasteiger partial charge in [-0.2, -0.15) is 5.10 Å². The van der Waals surface area contributed by atoms with Crippen molar-refractivity contribution >= 4 is 34.7 Å². The zero-order valence-corrected chi connectivity index (χ0v) is 8.81. The average Bonchev–Trinajstić information content (AvgIpc) is 2.59. The number of aromatic nitrogens is 1. The van der Waals surface area contributed by atoms with Gasteiger partial charge in [-0.05, 0) is 12.1 Å². The second kappa shape index (κ2) is 4.15. The van der Waals surface area contributed by atoms with Gasteiger partial charge in [-0.15, -0.1) is 10.2 Å². The molecule has 0 atom stereocenters. The van der Waals surface area contributed by atoms with Crippen LogP contribution in [-0.2, 0) is 0 Å². The van der Waals surface area contributed by atoms with Crippen molar-refractivity contribution in [3.8, 4) is 0 Å². The van der Waals surface area contributed by atoms with Gasteiger partial charge in [0.1, 0.15) is 5.15 Å². The topological polar surface area (TPSA) is 114 Å². The van der Waals surface area contributed by atoms with E-state index in [0.29, 0.717) is 16.6 Å². The maximum atomic E-state index is 5.63. The van der Waals surface area contributed by atoms with Crippen molar-refractivity contribution in [3.05, 3.63) is 23.5 Å². The third-order valence-electron chi connectivity index (χ3n) is 1.77. The molecule has 0 spiro atoms. The molecule has 5 N–H and O–H groups in total.